The number of carbonyl (C=O) groups excluding carboxylic acids is 1. The molecule has 0 bridgehead atoms. The number of nitrogens with zero attached hydrogens (tertiary/aromatic N) is 2. The zero-order chi connectivity index (χ0) is 14.5. The second-order valence-electron chi connectivity index (χ2n) is 4.63. The number of aromatic nitrogens is 1. The molecule has 2 heterocycles. The van der Waals surface area contributed by atoms with Crippen LogP contribution >= 0.6 is 0 Å². The van der Waals surface area contributed by atoms with Crippen molar-refractivity contribution in [2.45, 2.75) is 25.3 Å². The monoisotopic (exact) mass is 280 g/mol. The predicted molar refractivity (Wildman–Crippen MR) is 70.5 cm³/mol. The number of hydrogen-bond donors (Lipinski definition) is 2. The maximum Gasteiger partial charge on any atom is 0.288 e. The normalized spacial score (nSPS) is 18.5. The Hall–Kier alpha value is -2.22. The van der Waals surface area contributed by atoms with Gasteiger partial charge in [-0.15, -0.1) is 0 Å². The molecule has 1 aromatic heterocycles. The molecule has 2 rings (SSSR count). The maximum absolute atomic E-state index is 11.3. The molecule has 20 heavy (non-hydrogen) atoms. The van der Waals surface area contributed by atoms with Crippen molar-refractivity contribution in [3.63, 3.8) is 0 Å². The molecule has 1 saturated heterocycles. The fourth-order valence-electron chi connectivity index (χ4n) is 2.08. The SMILES string of the molecule is NC(=O)c1cc([N+](=O)[O-])cnc1OCC1CCCCN1. The first-order valence-electron chi connectivity index (χ1n) is 6.38. The molecule has 0 saturated carbocycles. The second-order valence-corrected chi connectivity index (χ2v) is 4.63. The van der Waals surface area contributed by atoms with E-state index in [9.17, 15) is 14.9 Å². The standard InChI is InChI=1S/C12H16N4O4/c13-11(17)10-5-9(16(18)19)6-15-12(10)20-7-8-3-1-2-4-14-8/h5-6,8,14H,1-4,7H2,(H2,13,17). The van der Waals surface area contributed by atoms with E-state index in [-0.39, 0.29) is 23.2 Å². The molecule has 8 heteroatoms. The summed E-state index contributed by atoms with van der Waals surface area (Å²) >= 11 is 0. The second kappa shape index (κ2) is 6.29. The van der Waals surface area contributed by atoms with Crippen molar-refractivity contribution in [2.24, 2.45) is 5.73 Å². The van der Waals surface area contributed by atoms with Gasteiger partial charge in [-0.2, -0.15) is 0 Å². The molecule has 1 aromatic rings. The van der Waals surface area contributed by atoms with Crippen molar-refractivity contribution in [3.05, 3.63) is 27.9 Å². The van der Waals surface area contributed by atoms with Crippen molar-refractivity contribution < 1.29 is 14.5 Å². The molecule has 0 radical (unpaired) electrons. The minimum Gasteiger partial charge on any atom is -0.475 e. The molecule has 0 spiro atoms. The smallest absolute Gasteiger partial charge is 0.288 e. The van der Waals surface area contributed by atoms with Gasteiger partial charge in [-0.25, -0.2) is 4.98 Å². The first-order chi connectivity index (χ1) is 9.58. The van der Waals surface area contributed by atoms with E-state index in [2.05, 4.69) is 10.3 Å². The fourth-order valence-corrected chi connectivity index (χ4v) is 2.08. The van der Waals surface area contributed by atoms with Crippen LogP contribution in [-0.4, -0.2) is 35.0 Å². The van der Waals surface area contributed by atoms with Crippen LogP contribution in [0, 0.1) is 10.1 Å². The highest BCUT2D eigenvalue weighted by atomic mass is 16.6. The number of ether oxygens (including phenoxy) is 1. The van der Waals surface area contributed by atoms with Gasteiger partial charge in [-0.05, 0) is 19.4 Å². The van der Waals surface area contributed by atoms with E-state index in [1.54, 1.807) is 0 Å². The summed E-state index contributed by atoms with van der Waals surface area (Å²) in [4.78, 5) is 25.1. The average Bonchev–Trinajstić information content (AvgIpc) is 2.45. The summed E-state index contributed by atoms with van der Waals surface area (Å²) in [5.41, 5.74) is 4.83. The van der Waals surface area contributed by atoms with Gasteiger partial charge in [0.2, 0.25) is 5.88 Å². The summed E-state index contributed by atoms with van der Waals surface area (Å²) in [5, 5.41) is 13.9. The lowest BCUT2D eigenvalue weighted by Crippen LogP contribution is -2.38. The van der Waals surface area contributed by atoms with E-state index >= 15 is 0 Å². The van der Waals surface area contributed by atoms with Gasteiger partial charge in [0.25, 0.3) is 11.6 Å². The Morgan fingerprint density at radius 3 is 3.00 bits per heavy atom. The van der Waals surface area contributed by atoms with Crippen LogP contribution in [0.25, 0.3) is 0 Å². The van der Waals surface area contributed by atoms with Crippen LogP contribution in [0.5, 0.6) is 5.88 Å². The Kier molecular flexibility index (Phi) is 4.46. The van der Waals surface area contributed by atoms with Crippen molar-refractivity contribution in [1.29, 1.82) is 0 Å². The van der Waals surface area contributed by atoms with Crippen LogP contribution in [0.4, 0.5) is 5.69 Å². The number of hydrogen-bond acceptors (Lipinski definition) is 6. The van der Waals surface area contributed by atoms with Gasteiger partial charge < -0.3 is 15.8 Å². The molecule has 1 fully saturated rings. The summed E-state index contributed by atoms with van der Waals surface area (Å²) < 4.78 is 5.48. The van der Waals surface area contributed by atoms with Crippen molar-refractivity contribution in [2.75, 3.05) is 13.2 Å². The molecule has 1 unspecified atom stereocenters. The first-order valence-corrected chi connectivity index (χ1v) is 6.38. The van der Waals surface area contributed by atoms with Gasteiger partial charge in [0, 0.05) is 12.1 Å². The number of pyridine rings is 1. The first kappa shape index (κ1) is 14.2. The minimum atomic E-state index is -0.798. The highest BCUT2D eigenvalue weighted by Gasteiger charge is 2.19. The highest BCUT2D eigenvalue weighted by Crippen LogP contribution is 2.21. The third kappa shape index (κ3) is 3.41. The van der Waals surface area contributed by atoms with Crippen LogP contribution in [0.3, 0.4) is 0 Å². The van der Waals surface area contributed by atoms with Crippen molar-refractivity contribution >= 4 is 11.6 Å². The lowest BCUT2D eigenvalue weighted by Gasteiger charge is -2.23. The number of carbonyl (C=O) groups is 1. The summed E-state index contributed by atoms with van der Waals surface area (Å²) in [5.74, 6) is -0.761. The number of nitro groups is 1. The Morgan fingerprint density at radius 1 is 1.60 bits per heavy atom. The van der Waals surface area contributed by atoms with Crippen LogP contribution in [0.15, 0.2) is 12.3 Å². The van der Waals surface area contributed by atoms with Gasteiger partial charge >= 0.3 is 0 Å². The van der Waals surface area contributed by atoms with Gasteiger partial charge in [0.1, 0.15) is 18.4 Å². The predicted octanol–water partition coefficient (Wildman–Crippen LogP) is 0.610. The molecule has 0 aromatic carbocycles. The fraction of sp³-hybridized carbons (Fsp3) is 0.500. The number of nitrogens with two attached hydrogens (primary N) is 1. The van der Waals surface area contributed by atoms with Crippen LogP contribution in [0.2, 0.25) is 0 Å². The molecule has 0 aliphatic carbocycles. The van der Waals surface area contributed by atoms with E-state index in [0.29, 0.717) is 6.61 Å². The molecular weight excluding hydrogens is 264 g/mol. The molecule has 1 aliphatic rings. The van der Waals surface area contributed by atoms with E-state index in [1.165, 1.54) is 0 Å². The van der Waals surface area contributed by atoms with E-state index < -0.39 is 10.8 Å². The number of primary amides is 1. The number of amides is 1. The Morgan fingerprint density at radius 2 is 2.40 bits per heavy atom. The third-order valence-electron chi connectivity index (χ3n) is 3.15. The van der Waals surface area contributed by atoms with Crippen molar-refractivity contribution in [1.82, 2.24) is 10.3 Å². The van der Waals surface area contributed by atoms with Crippen LogP contribution in [0.1, 0.15) is 29.6 Å². The minimum absolute atomic E-state index is 0.0375. The topological polar surface area (TPSA) is 120 Å². The number of piperidine rings is 1. The lowest BCUT2D eigenvalue weighted by molar-refractivity contribution is -0.385. The van der Waals surface area contributed by atoms with E-state index in [1.807, 2.05) is 0 Å². The van der Waals surface area contributed by atoms with Gasteiger partial charge in [0.15, 0.2) is 0 Å². The van der Waals surface area contributed by atoms with E-state index in [0.717, 1.165) is 38.1 Å². The molecule has 1 atom stereocenters. The summed E-state index contributed by atoms with van der Waals surface area (Å²) in [6.45, 7) is 1.29. The zero-order valence-corrected chi connectivity index (χ0v) is 10.9. The summed E-state index contributed by atoms with van der Waals surface area (Å²) in [7, 11) is 0. The van der Waals surface area contributed by atoms with Crippen LogP contribution in [-0.2, 0) is 0 Å². The van der Waals surface area contributed by atoms with E-state index in [4.69, 9.17) is 10.5 Å². The quantitative estimate of drug-likeness (QED) is 0.602. The lowest BCUT2D eigenvalue weighted by atomic mass is 10.1. The Labute approximate surface area is 115 Å². The summed E-state index contributed by atoms with van der Waals surface area (Å²) in [6, 6.07) is 1.28. The number of nitrogens with one attached hydrogen (secondary N) is 1. The Balaban J connectivity index is 2.09. The Bertz CT molecular complexity index is 514. The van der Waals surface area contributed by atoms with Crippen LogP contribution < -0.4 is 15.8 Å². The zero-order valence-electron chi connectivity index (χ0n) is 10.9. The highest BCUT2D eigenvalue weighted by molar-refractivity contribution is 5.95. The molecular formula is C12H16N4O4. The molecule has 8 nitrogen and oxygen atoms in total. The molecule has 1 amide bonds. The third-order valence-corrected chi connectivity index (χ3v) is 3.15. The molecule has 1 aliphatic heterocycles. The maximum atomic E-state index is 11.3. The summed E-state index contributed by atoms with van der Waals surface area (Å²) in [6.07, 6.45) is 4.30. The largest absolute Gasteiger partial charge is 0.475 e. The van der Waals surface area contributed by atoms with Gasteiger partial charge in [-0.3, -0.25) is 14.9 Å². The number of rotatable bonds is 5. The molecule has 108 valence electrons. The molecule has 3 N–H and O–H groups in total. The average molecular weight is 280 g/mol. The van der Waals surface area contributed by atoms with Gasteiger partial charge in [0.05, 0.1) is 4.92 Å². The van der Waals surface area contributed by atoms with Crippen molar-refractivity contribution in [3.8, 4) is 5.88 Å². The van der Waals surface area contributed by atoms with Gasteiger partial charge in [-0.1, -0.05) is 6.42 Å².